The third-order valence-electron chi connectivity index (χ3n) is 1.59. The molecule has 4 N–H and O–H groups in total. The van der Waals surface area contributed by atoms with Gasteiger partial charge in [0.1, 0.15) is 11.5 Å². The summed E-state index contributed by atoms with van der Waals surface area (Å²) in [7, 11) is 0. The highest BCUT2D eigenvalue weighted by Gasteiger charge is 2.08. The standard InChI is InChI=1S/C8H10BrNO2/c9-8-5(3-4-10)6(11)1-2-7(8)12/h1-2,11-12H,3-4,10H2. The van der Waals surface area contributed by atoms with Gasteiger partial charge in [0.05, 0.1) is 4.47 Å². The molecule has 1 rings (SSSR count). The lowest BCUT2D eigenvalue weighted by Crippen LogP contribution is -2.03. The van der Waals surface area contributed by atoms with Crippen molar-refractivity contribution in [2.75, 3.05) is 6.54 Å². The first-order valence-electron chi connectivity index (χ1n) is 3.56. The van der Waals surface area contributed by atoms with Crippen LogP contribution in [0.5, 0.6) is 11.5 Å². The van der Waals surface area contributed by atoms with Crippen molar-refractivity contribution in [1.29, 1.82) is 0 Å². The minimum Gasteiger partial charge on any atom is -0.508 e. The fourth-order valence-electron chi connectivity index (χ4n) is 0.981. The van der Waals surface area contributed by atoms with E-state index in [1.807, 2.05) is 0 Å². The second kappa shape index (κ2) is 3.78. The van der Waals surface area contributed by atoms with Crippen LogP contribution in [0.3, 0.4) is 0 Å². The van der Waals surface area contributed by atoms with E-state index in [1.54, 1.807) is 0 Å². The molecule has 0 spiro atoms. The van der Waals surface area contributed by atoms with Crippen LogP contribution in [-0.4, -0.2) is 16.8 Å². The summed E-state index contributed by atoms with van der Waals surface area (Å²) in [6, 6.07) is 2.88. The summed E-state index contributed by atoms with van der Waals surface area (Å²) in [4.78, 5) is 0. The molecule has 0 aliphatic carbocycles. The van der Waals surface area contributed by atoms with Gasteiger partial charge in [0.25, 0.3) is 0 Å². The van der Waals surface area contributed by atoms with Gasteiger partial charge in [-0.1, -0.05) is 0 Å². The van der Waals surface area contributed by atoms with E-state index in [9.17, 15) is 10.2 Å². The Bertz CT molecular complexity index is 289. The van der Waals surface area contributed by atoms with Gasteiger partial charge in [-0.2, -0.15) is 0 Å². The minimum absolute atomic E-state index is 0.122. The number of hydrogen-bond donors (Lipinski definition) is 3. The number of hydrogen-bond acceptors (Lipinski definition) is 3. The molecule has 0 atom stereocenters. The van der Waals surface area contributed by atoms with E-state index in [1.165, 1.54) is 12.1 Å². The molecule has 3 nitrogen and oxygen atoms in total. The van der Waals surface area contributed by atoms with Crippen LogP contribution in [0.15, 0.2) is 16.6 Å². The molecule has 1 aromatic carbocycles. The monoisotopic (exact) mass is 231 g/mol. The first-order valence-corrected chi connectivity index (χ1v) is 4.35. The summed E-state index contributed by atoms with van der Waals surface area (Å²) in [5.41, 5.74) is 5.99. The first-order chi connectivity index (χ1) is 5.66. The lowest BCUT2D eigenvalue weighted by Gasteiger charge is -2.06. The van der Waals surface area contributed by atoms with E-state index in [0.29, 0.717) is 23.0 Å². The van der Waals surface area contributed by atoms with Gasteiger partial charge >= 0.3 is 0 Å². The third-order valence-corrected chi connectivity index (χ3v) is 2.48. The summed E-state index contributed by atoms with van der Waals surface area (Å²) in [6.45, 7) is 0.440. The Labute approximate surface area is 79.0 Å². The topological polar surface area (TPSA) is 66.5 Å². The van der Waals surface area contributed by atoms with Crippen LogP contribution in [0.2, 0.25) is 0 Å². The maximum Gasteiger partial charge on any atom is 0.130 e. The van der Waals surface area contributed by atoms with Gasteiger partial charge in [0.2, 0.25) is 0 Å². The Morgan fingerprint density at radius 3 is 2.42 bits per heavy atom. The summed E-state index contributed by atoms with van der Waals surface area (Å²) in [5, 5.41) is 18.6. The summed E-state index contributed by atoms with van der Waals surface area (Å²) in [5.74, 6) is 0.279. The molecule has 0 radical (unpaired) electrons. The highest BCUT2D eigenvalue weighted by Crippen LogP contribution is 2.33. The molecule has 0 aliphatic heterocycles. The molecule has 0 bridgehead atoms. The zero-order valence-electron chi connectivity index (χ0n) is 6.42. The summed E-state index contributed by atoms with van der Waals surface area (Å²) >= 11 is 3.17. The molecule has 0 fully saturated rings. The minimum atomic E-state index is 0.122. The van der Waals surface area contributed by atoms with Gasteiger partial charge in [-0.3, -0.25) is 0 Å². The molecular formula is C8H10BrNO2. The number of halogens is 1. The van der Waals surface area contributed by atoms with Crippen LogP contribution in [0, 0.1) is 0 Å². The second-order valence-corrected chi connectivity index (χ2v) is 3.23. The maximum atomic E-state index is 9.35. The zero-order valence-corrected chi connectivity index (χ0v) is 8.00. The lowest BCUT2D eigenvalue weighted by molar-refractivity contribution is 0.451. The third kappa shape index (κ3) is 1.70. The van der Waals surface area contributed by atoms with E-state index in [0.717, 1.165) is 0 Å². The van der Waals surface area contributed by atoms with Crippen molar-refractivity contribution in [2.24, 2.45) is 5.73 Å². The van der Waals surface area contributed by atoms with E-state index >= 15 is 0 Å². The van der Waals surface area contributed by atoms with Gasteiger partial charge in [-0.05, 0) is 41.0 Å². The zero-order chi connectivity index (χ0) is 9.14. The molecule has 66 valence electrons. The smallest absolute Gasteiger partial charge is 0.130 e. The highest BCUT2D eigenvalue weighted by atomic mass is 79.9. The Morgan fingerprint density at radius 2 is 1.83 bits per heavy atom. The van der Waals surface area contributed by atoms with Crippen molar-refractivity contribution < 1.29 is 10.2 Å². The number of benzene rings is 1. The molecule has 1 aromatic rings. The highest BCUT2D eigenvalue weighted by molar-refractivity contribution is 9.10. The number of nitrogens with two attached hydrogens (primary N) is 1. The fourth-order valence-corrected chi connectivity index (χ4v) is 1.51. The molecule has 0 amide bonds. The predicted molar refractivity (Wildman–Crippen MR) is 50.2 cm³/mol. The molecule has 0 heterocycles. The van der Waals surface area contributed by atoms with E-state index in [-0.39, 0.29) is 11.5 Å². The van der Waals surface area contributed by atoms with Crippen molar-refractivity contribution in [3.05, 3.63) is 22.2 Å². The Hall–Kier alpha value is -0.740. The average Bonchev–Trinajstić information content (AvgIpc) is 2.06. The summed E-state index contributed by atoms with van der Waals surface area (Å²) in [6.07, 6.45) is 0.542. The van der Waals surface area contributed by atoms with Gasteiger partial charge in [-0.15, -0.1) is 0 Å². The quantitative estimate of drug-likeness (QED) is 0.674. The lowest BCUT2D eigenvalue weighted by atomic mass is 10.1. The fraction of sp³-hybridized carbons (Fsp3) is 0.250. The molecule has 0 aromatic heterocycles. The molecule has 0 unspecified atom stereocenters. The largest absolute Gasteiger partial charge is 0.508 e. The van der Waals surface area contributed by atoms with Crippen LogP contribution >= 0.6 is 15.9 Å². The molecule has 4 heteroatoms. The van der Waals surface area contributed by atoms with Crippen molar-refractivity contribution in [3.63, 3.8) is 0 Å². The SMILES string of the molecule is NCCc1c(O)ccc(O)c1Br. The molecule has 0 aliphatic rings. The molecule has 0 saturated heterocycles. The van der Waals surface area contributed by atoms with Crippen molar-refractivity contribution in [2.45, 2.75) is 6.42 Å². The van der Waals surface area contributed by atoms with Gasteiger partial charge in [0, 0.05) is 5.56 Å². The van der Waals surface area contributed by atoms with Gasteiger partial charge in [0.15, 0.2) is 0 Å². The maximum absolute atomic E-state index is 9.35. The van der Waals surface area contributed by atoms with Crippen LogP contribution in [-0.2, 0) is 6.42 Å². The number of phenolic OH excluding ortho intramolecular Hbond substituents is 2. The van der Waals surface area contributed by atoms with Crippen LogP contribution in [0.25, 0.3) is 0 Å². The predicted octanol–water partition coefficient (Wildman–Crippen LogP) is 1.36. The number of aromatic hydroxyl groups is 2. The van der Waals surface area contributed by atoms with Gasteiger partial charge in [-0.25, -0.2) is 0 Å². The normalized spacial score (nSPS) is 10.2. The number of phenols is 2. The van der Waals surface area contributed by atoms with E-state index in [2.05, 4.69) is 15.9 Å². The molecular weight excluding hydrogens is 222 g/mol. The first kappa shape index (κ1) is 9.35. The van der Waals surface area contributed by atoms with Crippen LogP contribution in [0.4, 0.5) is 0 Å². The Morgan fingerprint density at radius 1 is 1.25 bits per heavy atom. The van der Waals surface area contributed by atoms with Gasteiger partial charge < -0.3 is 15.9 Å². The van der Waals surface area contributed by atoms with Crippen molar-refractivity contribution >= 4 is 15.9 Å². The number of rotatable bonds is 2. The second-order valence-electron chi connectivity index (χ2n) is 2.44. The van der Waals surface area contributed by atoms with Crippen LogP contribution in [0.1, 0.15) is 5.56 Å². The van der Waals surface area contributed by atoms with Crippen molar-refractivity contribution in [1.82, 2.24) is 0 Å². The molecule has 0 saturated carbocycles. The Balaban J connectivity index is 3.14. The molecule has 12 heavy (non-hydrogen) atoms. The van der Waals surface area contributed by atoms with E-state index in [4.69, 9.17) is 5.73 Å². The average molecular weight is 232 g/mol. The van der Waals surface area contributed by atoms with Crippen LogP contribution < -0.4 is 5.73 Å². The summed E-state index contributed by atoms with van der Waals surface area (Å²) < 4.78 is 0.521. The van der Waals surface area contributed by atoms with E-state index < -0.39 is 0 Å². The van der Waals surface area contributed by atoms with Crippen molar-refractivity contribution in [3.8, 4) is 11.5 Å². The Kier molecular flexibility index (Phi) is 2.94.